The van der Waals surface area contributed by atoms with Crippen LogP contribution in [0.5, 0.6) is 5.75 Å². The number of aryl methyl sites for hydroxylation is 1. The maximum Gasteiger partial charge on any atom is 0.244 e. The van der Waals surface area contributed by atoms with Gasteiger partial charge in [0.05, 0.1) is 7.11 Å². The normalized spacial score (nSPS) is 17.4. The standard InChI is InChI=1S/C17H24N2O3/c1-18(2)17(21)15-8-5-11-19(15)16(20)10-9-13-6-4-7-14(12-13)22-3/h4,6-7,12,15H,5,8-11H2,1-3H3. The van der Waals surface area contributed by atoms with Crippen LogP contribution < -0.4 is 4.74 Å². The van der Waals surface area contributed by atoms with Crippen LogP contribution in [0.1, 0.15) is 24.8 Å². The van der Waals surface area contributed by atoms with Gasteiger partial charge in [0.15, 0.2) is 0 Å². The summed E-state index contributed by atoms with van der Waals surface area (Å²) in [6.07, 6.45) is 2.75. The summed E-state index contributed by atoms with van der Waals surface area (Å²) >= 11 is 0. The molecule has 0 spiro atoms. The largest absolute Gasteiger partial charge is 0.497 e. The second-order valence-corrected chi connectivity index (χ2v) is 5.83. The number of amides is 2. The molecule has 0 N–H and O–H groups in total. The van der Waals surface area contributed by atoms with Crippen molar-refractivity contribution >= 4 is 11.8 Å². The predicted molar refractivity (Wildman–Crippen MR) is 84.7 cm³/mol. The zero-order valence-corrected chi connectivity index (χ0v) is 13.5. The van der Waals surface area contributed by atoms with Crippen LogP contribution in [-0.2, 0) is 16.0 Å². The van der Waals surface area contributed by atoms with Gasteiger partial charge in [-0.2, -0.15) is 0 Å². The highest BCUT2D eigenvalue weighted by atomic mass is 16.5. The summed E-state index contributed by atoms with van der Waals surface area (Å²) in [6.45, 7) is 0.682. The Hall–Kier alpha value is -2.04. The Labute approximate surface area is 131 Å². The van der Waals surface area contributed by atoms with E-state index in [0.717, 1.165) is 24.2 Å². The molecule has 2 rings (SSSR count). The first kappa shape index (κ1) is 16.3. The topological polar surface area (TPSA) is 49.9 Å². The number of hydrogen-bond donors (Lipinski definition) is 0. The zero-order chi connectivity index (χ0) is 16.1. The van der Waals surface area contributed by atoms with Crippen LogP contribution in [0.4, 0.5) is 0 Å². The van der Waals surface area contributed by atoms with E-state index in [1.54, 1.807) is 31.0 Å². The second-order valence-electron chi connectivity index (χ2n) is 5.83. The molecule has 1 atom stereocenters. The van der Waals surface area contributed by atoms with Gasteiger partial charge < -0.3 is 14.5 Å². The molecule has 0 saturated carbocycles. The molecule has 1 aliphatic heterocycles. The lowest BCUT2D eigenvalue weighted by atomic mass is 10.1. The molecule has 1 heterocycles. The molecule has 0 radical (unpaired) electrons. The van der Waals surface area contributed by atoms with Crippen molar-refractivity contribution in [2.45, 2.75) is 31.7 Å². The molecule has 5 heteroatoms. The number of hydrogen-bond acceptors (Lipinski definition) is 3. The van der Waals surface area contributed by atoms with Crippen molar-refractivity contribution in [2.75, 3.05) is 27.7 Å². The van der Waals surface area contributed by atoms with Gasteiger partial charge in [-0.05, 0) is 37.0 Å². The fraction of sp³-hybridized carbons (Fsp3) is 0.529. The molecule has 1 fully saturated rings. The maximum atomic E-state index is 12.4. The number of methoxy groups -OCH3 is 1. The number of carbonyl (C=O) groups excluding carboxylic acids is 2. The maximum absolute atomic E-state index is 12.4. The van der Waals surface area contributed by atoms with Crippen molar-refractivity contribution in [1.29, 1.82) is 0 Å². The van der Waals surface area contributed by atoms with Crippen LogP contribution in [-0.4, -0.2) is 55.4 Å². The van der Waals surface area contributed by atoms with Gasteiger partial charge in [-0.15, -0.1) is 0 Å². The van der Waals surface area contributed by atoms with Crippen LogP contribution in [0.3, 0.4) is 0 Å². The van der Waals surface area contributed by atoms with Crippen LogP contribution in [0, 0.1) is 0 Å². The summed E-state index contributed by atoms with van der Waals surface area (Å²) in [6, 6.07) is 7.46. The summed E-state index contributed by atoms with van der Waals surface area (Å²) < 4.78 is 5.19. The minimum absolute atomic E-state index is 0.0206. The number of carbonyl (C=O) groups is 2. The fourth-order valence-corrected chi connectivity index (χ4v) is 2.84. The molecule has 0 aromatic heterocycles. The third-order valence-electron chi connectivity index (χ3n) is 4.06. The van der Waals surface area contributed by atoms with Gasteiger partial charge in [0.2, 0.25) is 11.8 Å². The molecular formula is C17H24N2O3. The second kappa shape index (κ2) is 7.29. The van der Waals surface area contributed by atoms with Gasteiger partial charge >= 0.3 is 0 Å². The average Bonchev–Trinajstić information content (AvgIpc) is 3.01. The number of rotatable bonds is 5. The molecule has 2 amide bonds. The van der Waals surface area contributed by atoms with Gasteiger partial charge in [-0.3, -0.25) is 9.59 Å². The molecule has 0 aliphatic carbocycles. The summed E-state index contributed by atoms with van der Waals surface area (Å²) in [7, 11) is 5.10. The number of likely N-dealkylation sites (tertiary alicyclic amines) is 1. The third kappa shape index (κ3) is 3.78. The lowest BCUT2D eigenvalue weighted by Gasteiger charge is -2.26. The number of ether oxygens (including phenoxy) is 1. The van der Waals surface area contributed by atoms with Crippen molar-refractivity contribution in [3.63, 3.8) is 0 Å². The highest BCUT2D eigenvalue weighted by molar-refractivity contribution is 5.88. The summed E-state index contributed by atoms with van der Waals surface area (Å²) in [5, 5.41) is 0. The Kier molecular flexibility index (Phi) is 5.41. The summed E-state index contributed by atoms with van der Waals surface area (Å²) in [4.78, 5) is 27.9. The van der Waals surface area contributed by atoms with Crippen LogP contribution in [0.2, 0.25) is 0 Å². The molecule has 1 aliphatic rings. The zero-order valence-electron chi connectivity index (χ0n) is 13.5. The quantitative estimate of drug-likeness (QED) is 0.832. The molecular weight excluding hydrogens is 280 g/mol. The molecule has 5 nitrogen and oxygen atoms in total. The summed E-state index contributed by atoms with van der Waals surface area (Å²) in [5.74, 6) is 0.875. The van der Waals surface area contributed by atoms with Crippen LogP contribution >= 0.6 is 0 Å². The van der Waals surface area contributed by atoms with Crippen molar-refractivity contribution < 1.29 is 14.3 Å². The van der Waals surface area contributed by atoms with E-state index in [4.69, 9.17) is 4.74 Å². The van der Waals surface area contributed by atoms with Gasteiger partial charge in [-0.1, -0.05) is 12.1 Å². The highest BCUT2D eigenvalue weighted by Crippen LogP contribution is 2.21. The Bertz CT molecular complexity index is 542. The Morgan fingerprint density at radius 1 is 1.36 bits per heavy atom. The monoisotopic (exact) mass is 304 g/mol. The highest BCUT2D eigenvalue weighted by Gasteiger charge is 2.34. The third-order valence-corrected chi connectivity index (χ3v) is 4.06. The van der Waals surface area contributed by atoms with E-state index in [-0.39, 0.29) is 17.9 Å². The van der Waals surface area contributed by atoms with Crippen molar-refractivity contribution in [3.05, 3.63) is 29.8 Å². The number of nitrogens with zero attached hydrogens (tertiary/aromatic N) is 2. The minimum Gasteiger partial charge on any atom is -0.497 e. The van der Waals surface area contributed by atoms with Gasteiger partial charge in [0, 0.05) is 27.1 Å². The fourth-order valence-electron chi connectivity index (χ4n) is 2.84. The Morgan fingerprint density at radius 3 is 2.82 bits per heavy atom. The first-order valence-corrected chi connectivity index (χ1v) is 7.66. The van der Waals surface area contributed by atoms with Crippen LogP contribution in [0.15, 0.2) is 24.3 Å². The van der Waals surface area contributed by atoms with Crippen LogP contribution in [0.25, 0.3) is 0 Å². The Morgan fingerprint density at radius 2 is 2.14 bits per heavy atom. The average molecular weight is 304 g/mol. The smallest absolute Gasteiger partial charge is 0.244 e. The molecule has 22 heavy (non-hydrogen) atoms. The van der Waals surface area contributed by atoms with E-state index in [1.165, 1.54) is 0 Å². The molecule has 0 bridgehead atoms. The van der Waals surface area contributed by atoms with E-state index in [2.05, 4.69) is 0 Å². The van der Waals surface area contributed by atoms with Gasteiger partial charge in [-0.25, -0.2) is 0 Å². The van der Waals surface area contributed by atoms with Crippen molar-refractivity contribution in [1.82, 2.24) is 9.80 Å². The van der Waals surface area contributed by atoms with E-state index >= 15 is 0 Å². The first-order valence-electron chi connectivity index (χ1n) is 7.66. The molecule has 1 aromatic rings. The van der Waals surface area contributed by atoms with E-state index in [9.17, 15) is 9.59 Å². The predicted octanol–water partition coefficient (Wildman–Crippen LogP) is 1.71. The van der Waals surface area contributed by atoms with Gasteiger partial charge in [0.1, 0.15) is 11.8 Å². The lowest BCUT2D eigenvalue weighted by Crippen LogP contribution is -2.45. The number of benzene rings is 1. The Balaban J connectivity index is 1.95. The van der Waals surface area contributed by atoms with Gasteiger partial charge in [0.25, 0.3) is 0 Å². The summed E-state index contributed by atoms with van der Waals surface area (Å²) in [5.41, 5.74) is 1.07. The van der Waals surface area contributed by atoms with E-state index in [1.807, 2.05) is 24.3 Å². The molecule has 1 aromatic carbocycles. The van der Waals surface area contributed by atoms with E-state index < -0.39 is 0 Å². The molecule has 1 unspecified atom stereocenters. The SMILES string of the molecule is COc1cccc(CCC(=O)N2CCCC2C(=O)N(C)C)c1. The lowest BCUT2D eigenvalue weighted by molar-refractivity contribution is -0.142. The van der Waals surface area contributed by atoms with E-state index in [0.29, 0.717) is 19.4 Å². The van der Waals surface area contributed by atoms with Crippen molar-refractivity contribution in [3.8, 4) is 5.75 Å². The minimum atomic E-state index is -0.284. The number of likely N-dealkylation sites (N-methyl/N-ethyl adjacent to an activating group) is 1. The molecule has 120 valence electrons. The van der Waals surface area contributed by atoms with Crippen molar-refractivity contribution in [2.24, 2.45) is 0 Å². The molecule has 1 saturated heterocycles. The first-order chi connectivity index (χ1) is 10.5.